The highest BCUT2D eigenvalue weighted by atomic mass is 35.5. The second-order valence-corrected chi connectivity index (χ2v) is 8.47. The minimum absolute atomic E-state index is 0.0116. The Bertz CT molecular complexity index is 842. The zero-order valence-corrected chi connectivity index (χ0v) is 16.0. The second-order valence-electron chi connectivity index (χ2n) is 6.12. The van der Waals surface area contributed by atoms with Crippen molar-refractivity contribution in [2.45, 2.75) is 31.7 Å². The van der Waals surface area contributed by atoms with Crippen LogP contribution >= 0.6 is 11.6 Å². The summed E-state index contributed by atoms with van der Waals surface area (Å²) in [5, 5.41) is 0.176. The van der Waals surface area contributed by atoms with E-state index >= 15 is 0 Å². The zero-order chi connectivity index (χ0) is 18.6. The number of hydrogen-bond acceptors (Lipinski definition) is 5. The summed E-state index contributed by atoms with van der Waals surface area (Å²) in [5.74, 6) is -0.283. The third-order valence-corrected chi connectivity index (χ3v) is 5.75. The van der Waals surface area contributed by atoms with E-state index in [9.17, 15) is 13.2 Å². The molecule has 1 heterocycles. The minimum atomic E-state index is -3.78. The number of methoxy groups -OCH3 is 1. The molecule has 0 aliphatic rings. The van der Waals surface area contributed by atoms with Gasteiger partial charge in [-0.1, -0.05) is 25.4 Å². The lowest BCUT2D eigenvalue weighted by Crippen LogP contribution is -2.17. The van der Waals surface area contributed by atoms with Crippen molar-refractivity contribution in [2.24, 2.45) is 5.92 Å². The second kappa shape index (κ2) is 8.01. The van der Waals surface area contributed by atoms with Gasteiger partial charge in [0.25, 0.3) is 0 Å². The molecule has 0 radical (unpaired) electrons. The Morgan fingerprint density at radius 2 is 1.92 bits per heavy atom. The molecule has 0 aliphatic heterocycles. The van der Waals surface area contributed by atoms with Gasteiger partial charge in [0.1, 0.15) is 22.3 Å². The summed E-state index contributed by atoms with van der Waals surface area (Å²) in [7, 11) is -2.29. The van der Waals surface area contributed by atoms with Gasteiger partial charge in [0.15, 0.2) is 15.6 Å². The number of aryl methyl sites for hydroxylation is 1. The fourth-order valence-electron chi connectivity index (χ4n) is 2.21. The van der Waals surface area contributed by atoms with Crippen LogP contribution in [0, 0.1) is 5.92 Å². The predicted octanol–water partition coefficient (Wildman–Crippen LogP) is 3.25. The van der Waals surface area contributed by atoms with E-state index in [2.05, 4.69) is 18.8 Å². The lowest BCUT2D eigenvalue weighted by Gasteiger charge is -2.07. The lowest BCUT2D eigenvalue weighted by atomic mass is 10.1. The average Bonchev–Trinajstić information content (AvgIpc) is 2.93. The first-order valence-corrected chi connectivity index (χ1v) is 9.88. The number of imidazole rings is 1. The molecule has 2 aromatic rings. The number of carbonyl (C=O) groups is 1. The van der Waals surface area contributed by atoms with Crippen LogP contribution in [0.2, 0.25) is 5.15 Å². The van der Waals surface area contributed by atoms with Crippen LogP contribution < -0.4 is 4.74 Å². The smallest absolute Gasteiger partial charge is 0.199 e. The fraction of sp³-hybridized carbons (Fsp3) is 0.412. The summed E-state index contributed by atoms with van der Waals surface area (Å²) in [6.45, 7) is 4.79. The highest BCUT2D eigenvalue weighted by Crippen LogP contribution is 2.21. The topological polar surface area (TPSA) is 78.3 Å². The number of hydrogen-bond donors (Lipinski definition) is 0. The number of carbonyl (C=O) groups excluding carboxylic acids is 1. The van der Waals surface area contributed by atoms with Crippen molar-refractivity contribution in [1.29, 1.82) is 0 Å². The summed E-state index contributed by atoms with van der Waals surface area (Å²) in [5.41, 5.74) is -0.0116. The van der Waals surface area contributed by atoms with Crippen molar-refractivity contribution in [3.8, 4) is 5.75 Å². The zero-order valence-electron chi connectivity index (χ0n) is 14.4. The molecule has 1 aromatic carbocycles. The van der Waals surface area contributed by atoms with Gasteiger partial charge in [-0.15, -0.1) is 0 Å². The number of nitrogens with zero attached hydrogens (tertiary/aromatic N) is 2. The monoisotopic (exact) mass is 384 g/mol. The van der Waals surface area contributed by atoms with Gasteiger partial charge < -0.3 is 9.30 Å². The Morgan fingerprint density at radius 3 is 2.48 bits per heavy atom. The Morgan fingerprint density at radius 1 is 1.28 bits per heavy atom. The molecule has 136 valence electrons. The summed E-state index contributed by atoms with van der Waals surface area (Å²) >= 11 is 6.19. The van der Waals surface area contributed by atoms with E-state index in [0.717, 1.165) is 6.42 Å². The summed E-state index contributed by atoms with van der Waals surface area (Å²) in [4.78, 5) is 16.4. The molecule has 0 saturated heterocycles. The SMILES string of the molecule is COc1ccc(S(=O)(=O)CC(=O)c2ncn(CCC(C)C)c2Cl)cc1. The van der Waals surface area contributed by atoms with Gasteiger partial charge in [-0.3, -0.25) is 4.79 Å². The van der Waals surface area contributed by atoms with Gasteiger partial charge in [0.05, 0.1) is 18.3 Å². The van der Waals surface area contributed by atoms with Crippen LogP contribution in [0.4, 0.5) is 0 Å². The van der Waals surface area contributed by atoms with Crippen LogP contribution in [0.5, 0.6) is 5.75 Å². The number of aromatic nitrogens is 2. The number of halogens is 1. The molecule has 0 atom stereocenters. The molecule has 2 rings (SSSR count). The Kier molecular flexibility index (Phi) is 6.24. The normalized spacial score (nSPS) is 11.7. The van der Waals surface area contributed by atoms with Crippen LogP contribution in [0.3, 0.4) is 0 Å². The molecule has 0 fully saturated rings. The molecular formula is C17H21ClN2O4S. The fourth-order valence-corrected chi connectivity index (χ4v) is 3.70. The lowest BCUT2D eigenvalue weighted by molar-refractivity contribution is 0.101. The number of ketones is 1. The maximum atomic E-state index is 12.4. The van der Waals surface area contributed by atoms with Gasteiger partial charge in [0.2, 0.25) is 0 Å². The van der Waals surface area contributed by atoms with E-state index in [0.29, 0.717) is 18.2 Å². The number of benzene rings is 1. The van der Waals surface area contributed by atoms with E-state index in [1.165, 1.54) is 37.7 Å². The summed E-state index contributed by atoms with van der Waals surface area (Å²) in [6.07, 6.45) is 2.35. The minimum Gasteiger partial charge on any atom is -0.497 e. The number of ether oxygens (including phenoxy) is 1. The van der Waals surface area contributed by atoms with Crippen molar-refractivity contribution in [1.82, 2.24) is 9.55 Å². The maximum Gasteiger partial charge on any atom is 0.199 e. The average molecular weight is 385 g/mol. The van der Waals surface area contributed by atoms with Gasteiger partial charge >= 0.3 is 0 Å². The van der Waals surface area contributed by atoms with E-state index in [-0.39, 0.29) is 15.7 Å². The van der Waals surface area contributed by atoms with E-state index in [1.54, 1.807) is 4.57 Å². The van der Waals surface area contributed by atoms with Gasteiger partial charge in [0, 0.05) is 6.54 Å². The Labute approximate surface area is 152 Å². The molecule has 6 nitrogen and oxygen atoms in total. The molecule has 8 heteroatoms. The number of rotatable bonds is 8. The van der Waals surface area contributed by atoms with Crippen molar-refractivity contribution in [3.05, 3.63) is 41.4 Å². The highest BCUT2D eigenvalue weighted by Gasteiger charge is 2.24. The van der Waals surface area contributed by atoms with Crippen LogP contribution in [-0.2, 0) is 16.4 Å². The van der Waals surface area contributed by atoms with Crippen LogP contribution in [0.25, 0.3) is 0 Å². The van der Waals surface area contributed by atoms with Gasteiger partial charge in [-0.05, 0) is 36.6 Å². The first-order valence-electron chi connectivity index (χ1n) is 7.85. The van der Waals surface area contributed by atoms with Crippen molar-refractivity contribution in [3.63, 3.8) is 0 Å². The van der Waals surface area contributed by atoms with Crippen molar-refractivity contribution < 1.29 is 17.9 Å². The molecular weight excluding hydrogens is 364 g/mol. The van der Waals surface area contributed by atoms with Gasteiger partial charge in [-0.2, -0.15) is 0 Å². The third-order valence-electron chi connectivity index (χ3n) is 3.72. The first-order chi connectivity index (χ1) is 11.7. The van der Waals surface area contributed by atoms with Crippen molar-refractivity contribution in [2.75, 3.05) is 12.9 Å². The molecule has 1 aromatic heterocycles. The molecule has 0 unspecified atom stereocenters. The first kappa shape index (κ1) is 19.5. The van der Waals surface area contributed by atoms with Crippen LogP contribution in [0.15, 0.2) is 35.5 Å². The molecule has 0 bridgehead atoms. The molecule has 0 saturated carbocycles. The Hall–Kier alpha value is -1.86. The van der Waals surface area contributed by atoms with E-state index in [4.69, 9.17) is 16.3 Å². The van der Waals surface area contributed by atoms with Crippen molar-refractivity contribution >= 4 is 27.2 Å². The molecule has 0 amide bonds. The van der Waals surface area contributed by atoms with E-state index in [1.807, 2.05) is 0 Å². The van der Waals surface area contributed by atoms with Crippen LogP contribution in [-0.4, -0.2) is 36.6 Å². The highest BCUT2D eigenvalue weighted by molar-refractivity contribution is 7.92. The molecule has 0 aliphatic carbocycles. The third kappa shape index (κ3) is 4.83. The number of Topliss-reactive ketones (excluding diaryl/α,β-unsaturated/α-hetero) is 1. The molecule has 0 spiro atoms. The maximum absolute atomic E-state index is 12.4. The van der Waals surface area contributed by atoms with Crippen LogP contribution in [0.1, 0.15) is 30.8 Å². The van der Waals surface area contributed by atoms with E-state index < -0.39 is 21.4 Å². The summed E-state index contributed by atoms with van der Waals surface area (Å²) < 4.78 is 31.5. The Balaban J connectivity index is 2.15. The largest absolute Gasteiger partial charge is 0.497 e. The number of sulfone groups is 1. The quantitative estimate of drug-likeness (QED) is 0.653. The van der Waals surface area contributed by atoms with Gasteiger partial charge in [-0.25, -0.2) is 13.4 Å². The predicted molar refractivity (Wildman–Crippen MR) is 96.1 cm³/mol. The molecule has 0 N–H and O–H groups in total. The summed E-state index contributed by atoms with van der Waals surface area (Å²) in [6, 6.07) is 5.88. The standard InChI is InChI=1S/C17H21ClN2O4S/c1-12(2)8-9-20-11-19-16(17(20)18)15(21)10-25(22,23)14-6-4-13(24-3)5-7-14/h4-7,11-12H,8-10H2,1-3H3. The molecule has 25 heavy (non-hydrogen) atoms.